The Morgan fingerprint density at radius 2 is 1.12 bits per heavy atom. The zero-order valence-electron chi connectivity index (χ0n) is 14.6. The smallest absolute Gasteiger partial charge is 0.303 e. The third kappa shape index (κ3) is 4.03. The molecule has 1 N–H and O–H groups in total. The zero-order chi connectivity index (χ0) is 18.2. The summed E-state index contributed by atoms with van der Waals surface area (Å²) in [5.41, 5.74) is 3.77. The molecular weight excluding hydrogens is 339 g/mol. The highest BCUT2D eigenvalue weighted by atomic mass is 31.1. The molecule has 0 amide bonds. The summed E-state index contributed by atoms with van der Waals surface area (Å²) in [5, 5.41) is 8.75. The van der Waals surface area contributed by atoms with Crippen LogP contribution in [0.5, 0.6) is 0 Å². The molecule has 3 aromatic rings. The van der Waals surface area contributed by atoms with Crippen molar-refractivity contribution in [2.24, 2.45) is 0 Å². The van der Waals surface area contributed by atoms with Crippen molar-refractivity contribution in [3.8, 4) is 0 Å². The van der Waals surface area contributed by atoms with Gasteiger partial charge in [-0.1, -0.05) is 91.0 Å². The first-order valence-corrected chi connectivity index (χ1v) is 10.1. The topological polar surface area (TPSA) is 37.3 Å². The van der Waals surface area contributed by atoms with E-state index in [0.717, 1.165) is 6.16 Å². The van der Waals surface area contributed by atoms with Crippen molar-refractivity contribution in [3.63, 3.8) is 0 Å². The van der Waals surface area contributed by atoms with E-state index in [2.05, 4.69) is 72.8 Å². The molecule has 0 saturated carbocycles. The largest absolute Gasteiger partial charge is 0.481 e. The molecule has 3 heteroatoms. The van der Waals surface area contributed by atoms with Gasteiger partial charge in [-0.3, -0.25) is 4.79 Å². The fourth-order valence-electron chi connectivity index (χ4n) is 3.39. The summed E-state index contributed by atoms with van der Waals surface area (Å²) >= 11 is 0. The molecule has 1 unspecified atom stereocenters. The van der Waals surface area contributed by atoms with Gasteiger partial charge in [0.05, 0.1) is 5.16 Å². The monoisotopic (exact) mass is 362 g/mol. The van der Waals surface area contributed by atoms with Crippen molar-refractivity contribution >= 4 is 14.6 Å². The van der Waals surface area contributed by atoms with E-state index in [1.807, 2.05) is 18.2 Å². The van der Waals surface area contributed by atoms with Gasteiger partial charge in [0.2, 0.25) is 0 Å². The Kier molecular flexibility index (Phi) is 6.20. The molecule has 0 aliphatic heterocycles. The van der Waals surface area contributed by atoms with Crippen LogP contribution in [0.2, 0.25) is 0 Å². The van der Waals surface area contributed by atoms with Gasteiger partial charge in [-0.05, 0) is 29.3 Å². The second-order valence-corrected chi connectivity index (χ2v) is 7.88. The van der Waals surface area contributed by atoms with E-state index in [4.69, 9.17) is 5.11 Å². The van der Waals surface area contributed by atoms with E-state index in [-0.39, 0.29) is 11.6 Å². The Hall–Kier alpha value is -2.44. The van der Waals surface area contributed by atoms with Gasteiger partial charge in [0.15, 0.2) is 0 Å². The molecule has 0 spiro atoms. The average Bonchev–Trinajstić information content (AvgIpc) is 2.70. The van der Waals surface area contributed by atoms with Gasteiger partial charge in [0.25, 0.3) is 0 Å². The molecule has 0 saturated heterocycles. The van der Waals surface area contributed by atoms with E-state index in [1.165, 1.54) is 16.7 Å². The van der Waals surface area contributed by atoms with E-state index in [1.54, 1.807) is 0 Å². The Bertz CT molecular complexity index is 720. The average molecular weight is 362 g/mol. The van der Waals surface area contributed by atoms with Crippen molar-refractivity contribution in [1.29, 1.82) is 0 Å². The highest BCUT2D eigenvalue weighted by Gasteiger charge is 2.35. The van der Waals surface area contributed by atoms with Crippen molar-refractivity contribution in [2.45, 2.75) is 18.0 Å². The van der Waals surface area contributed by atoms with Crippen LogP contribution in [0, 0.1) is 0 Å². The molecule has 0 radical (unpaired) electrons. The quantitative estimate of drug-likeness (QED) is 0.325. The molecule has 0 aliphatic carbocycles. The van der Waals surface area contributed by atoms with Gasteiger partial charge in [-0.2, -0.15) is 0 Å². The number of carboxylic acid groups (broad SMARTS) is 1. The van der Waals surface area contributed by atoms with Crippen LogP contribution < -0.4 is 0 Å². The van der Waals surface area contributed by atoms with Crippen molar-refractivity contribution in [1.82, 2.24) is 0 Å². The molecular formula is C23H23O2P. The van der Waals surface area contributed by atoms with Gasteiger partial charge in [0.1, 0.15) is 0 Å². The van der Waals surface area contributed by atoms with E-state index in [0.29, 0.717) is 15.0 Å². The van der Waals surface area contributed by atoms with Crippen LogP contribution in [0.3, 0.4) is 0 Å². The minimum absolute atomic E-state index is 0.224. The lowest BCUT2D eigenvalue weighted by molar-refractivity contribution is -0.137. The maximum atomic E-state index is 10.9. The predicted octanol–water partition coefficient (Wildman–Crippen LogP) is 5.52. The number of rotatable bonds is 8. The molecule has 2 nitrogen and oxygen atoms in total. The van der Waals surface area contributed by atoms with E-state index < -0.39 is 5.97 Å². The van der Waals surface area contributed by atoms with Crippen LogP contribution in [0.25, 0.3) is 0 Å². The number of hydrogen-bond acceptors (Lipinski definition) is 1. The molecule has 0 fully saturated rings. The highest BCUT2D eigenvalue weighted by molar-refractivity contribution is 7.40. The summed E-state index contributed by atoms with van der Waals surface area (Å²) in [4.78, 5) is 10.9. The minimum atomic E-state index is -0.723. The molecule has 1 atom stereocenters. The van der Waals surface area contributed by atoms with Crippen LogP contribution in [0.4, 0.5) is 0 Å². The number of carboxylic acids is 1. The van der Waals surface area contributed by atoms with Gasteiger partial charge in [-0.15, -0.1) is 8.58 Å². The number of hydrogen-bond donors (Lipinski definition) is 1. The first-order chi connectivity index (χ1) is 12.7. The minimum Gasteiger partial charge on any atom is -0.481 e. The maximum absolute atomic E-state index is 10.9. The standard InChI is InChI=1S/C23H23O2P/c24-22(25)17-10-18-26-23(19-11-4-1-5-12-19,20-13-6-2-7-14-20)21-15-8-3-9-16-21/h1-9,11-16,26H,10,17-18H2,(H,24,25). The Morgan fingerprint density at radius 3 is 1.46 bits per heavy atom. The fraction of sp³-hybridized carbons (Fsp3) is 0.174. The zero-order valence-corrected chi connectivity index (χ0v) is 15.6. The molecule has 26 heavy (non-hydrogen) atoms. The van der Waals surface area contributed by atoms with Crippen molar-refractivity contribution < 1.29 is 9.90 Å². The molecule has 0 aliphatic rings. The summed E-state index contributed by atoms with van der Waals surface area (Å²) in [6, 6.07) is 31.7. The Morgan fingerprint density at radius 1 is 0.731 bits per heavy atom. The Balaban J connectivity index is 2.10. The van der Waals surface area contributed by atoms with E-state index in [9.17, 15) is 4.79 Å². The van der Waals surface area contributed by atoms with Crippen LogP contribution >= 0.6 is 8.58 Å². The first-order valence-electron chi connectivity index (χ1n) is 8.87. The second kappa shape index (κ2) is 8.78. The molecule has 0 heterocycles. The predicted molar refractivity (Wildman–Crippen MR) is 109 cm³/mol. The van der Waals surface area contributed by atoms with Gasteiger partial charge in [0, 0.05) is 6.42 Å². The fourth-order valence-corrected chi connectivity index (χ4v) is 5.23. The Labute approximate surface area is 156 Å². The normalized spacial score (nSPS) is 11.7. The highest BCUT2D eigenvalue weighted by Crippen LogP contribution is 2.52. The second-order valence-electron chi connectivity index (χ2n) is 6.27. The summed E-state index contributed by atoms with van der Waals surface area (Å²) in [6.07, 6.45) is 1.80. The lowest BCUT2D eigenvalue weighted by Gasteiger charge is -2.36. The first kappa shape index (κ1) is 18.4. The van der Waals surface area contributed by atoms with Crippen molar-refractivity contribution in [3.05, 3.63) is 108 Å². The van der Waals surface area contributed by atoms with Gasteiger partial charge in [-0.25, -0.2) is 0 Å². The van der Waals surface area contributed by atoms with Gasteiger partial charge >= 0.3 is 5.97 Å². The van der Waals surface area contributed by atoms with Crippen LogP contribution in [0.1, 0.15) is 29.5 Å². The van der Waals surface area contributed by atoms with E-state index >= 15 is 0 Å². The summed E-state index contributed by atoms with van der Waals surface area (Å²) < 4.78 is 0. The lowest BCUT2D eigenvalue weighted by atomic mass is 9.84. The third-order valence-electron chi connectivity index (χ3n) is 4.58. The number of carbonyl (C=O) groups is 1. The van der Waals surface area contributed by atoms with Crippen LogP contribution in [-0.4, -0.2) is 17.2 Å². The van der Waals surface area contributed by atoms with Crippen LogP contribution in [-0.2, 0) is 9.95 Å². The SMILES string of the molecule is O=C(O)CCCPC(c1ccccc1)(c1ccccc1)c1ccccc1. The summed E-state index contributed by atoms with van der Waals surface area (Å²) in [5.74, 6) is -0.723. The third-order valence-corrected chi connectivity index (χ3v) is 6.58. The molecule has 132 valence electrons. The molecule has 3 rings (SSSR count). The molecule has 0 aromatic heterocycles. The van der Waals surface area contributed by atoms with Crippen LogP contribution in [0.15, 0.2) is 91.0 Å². The summed E-state index contributed by atoms with van der Waals surface area (Å²) in [6.45, 7) is 0. The number of aliphatic carboxylic acids is 1. The lowest BCUT2D eigenvalue weighted by Crippen LogP contribution is -2.24. The van der Waals surface area contributed by atoms with Crippen molar-refractivity contribution in [2.75, 3.05) is 6.16 Å². The number of benzene rings is 3. The summed E-state index contributed by atoms with van der Waals surface area (Å²) in [7, 11) is 0.562. The van der Waals surface area contributed by atoms with Gasteiger partial charge < -0.3 is 5.11 Å². The maximum Gasteiger partial charge on any atom is 0.303 e. The molecule has 3 aromatic carbocycles. The molecule has 0 bridgehead atoms.